The molecule has 1 aromatic rings. The summed E-state index contributed by atoms with van der Waals surface area (Å²) in [5.41, 5.74) is 4.95. The highest BCUT2D eigenvalue weighted by Crippen LogP contribution is 2.15. The van der Waals surface area contributed by atoms with Gasteiger partial charge < -0.3 is 15.3 Å². The third-order valence-electron chi connectivity index (χ3n) is 1.71. The number of furan rings is 1. The van der Waals surface area contributed by atoms with E-state index in [4.69, 9.17) is 15.3 Å². The number of nitrogens with two attached hydrogens (primary N) is 1. The van der Waals surface area contributed by atoms with Crippen molar-refractivity contribution in [1.82, 2.24) is 0 Å². The van der Waals surface area contributed by atoms with Gasteiger partial charge in [-0.2, -0.15) is 0 Å². The molecule has 0 fully saturated rings. The zero-order chi connectivity index (χ0) is 11.6. The van der Waals surface area contributed by atoms with Gasteiger partial charge in [0, 0.05) is 0 Å². The predicted molar refractivity (Wildman–Crippen MR) is 50.7 cm³/mol. The summed E-state index contributed by atoms with van der Waals surface area (Å²) in [5, 5.41) is 7.55. The van der Waals surface area contributed by atoms with Crippen molar-refractivity contribution >= 4 is 22.7 Å². The quantitative estimate of drug-likeness (QED) is 0.755. The van der Waals surface area contributed by atoms with Gasteiger partial charge in [0.2, 0.25) is 11.7 Å². The summed E-state index contributed by atoms with van der Waals surface area (Å²) in [6, 6.07) is 2.42. The Labute approximate surface area is 87.5 Å². The smallest absolute Gasteiger partial charge is 0.371 e. The number of carbonyl (C=O) groups is 2. The Bertz CT molecular complexity index is 424. The first kappa shape index (κ1) is 11.4. The maximum atomic E-state index is 11.5. The van der Waals surface area contributed by atoms with Gasteiger partial charge in [-0.15, -0.1) is 0 Å². The maximum absolute atomic E-state index is 11.5. The molecule has 82 valence electrons. The third-order valence-corrected chi connectivity index (χ3v) is 3.20. The standard InChI is InChI=1S/C8H9NO5S/c1-4(7(9)10)15(13)6-3-2-5(14-6)8(11)12/h2-4H,1H3,(H2,9,10)(H,11,12). The maximum Gasteiger partial charge on any atom is 0.371 e. The first-order chi connectivity index (χ1) is 6.93. The normalized spacial score (nSPS) is 14.5. The van der Waals surface area contributed by atoms with E-state index in [0.29, 0.717) is 0 Å². The van der Waals surface area contributed by atoms with E-state index in [-0.39, 0.29) is 10.9 Å². The molecule has 2 atom stereocenters. The molecule has 7 heteroatoms. The van der Waals surface area contributed by atoms with Crippen LogP contribution >= 0.6 is 0 Å². The average Bonchev–Trinajstić information content (AvgIpc) is 2.64. The minimum absolute atomic E-state index is 0.0706. The van der Waals surface area contributed by atoms with Crippen molar-refractivity contribution in [3.8, 4) is 0 Å². The van der Waals surface area contributed by atoms with Crippen LogP contribution in [0.2, 0.25) is 0 Å². The number of primary amides is 1. The van der Waals surface area contributed by atoms with E-state index in [9.17, 15) is 13.8 Å². The van der Waals surface area contributed by atoms with Crippen LogP contribution < -0.4 is 5.73 Å². The van der Waals surface area contributed by atoms with E-state index in [0.717, 1.165) is 0 Å². The summed E-state index contributed by atoms with van der Waals surface area (Å²) in [7, 11) is -1.76. The Kier molecular flexibility index (Phi) is 3.25. The number of carboxylic acid groups (broad SMARTS) is 1. The summed E-state index contributed by atoms with van der Waals surface area (Å²) >= 11 is 0. The lowest BCUT2D eigenvalue weighted by Crippen LogP contribution is -2.29. The van der Waals surface area contributed by atoms with Gasteiger partial charge in [-0.25, -0.2) is 4.79 Å². The van der Waals surface area contributed by atoms with Gasteiger partial charge in [0.15, 0.2) is 5.09 Å². The second-order valence-electron chi connectivity index (χ2n) is 2.77. The predicted octanol–water partition coefficient (Wildman–Crippen LogP) is -0.0408. The number of aromatic carboxylic acids is 1. The average molecular weight is 231 g/mol. The van der Waals surface area contributed by atoms with Crippen LogP contribution in [0.15, 0.2) is 21.6 Å². The van der Waals surface area contributed by atoms with Crippen molar-refractivity contribution in [3.63, 3.8) is 0 Å². The monoisotopic (exact) mass is 231 g/mol. The van der Waals surface area contributed by atoms with Crippen LogP contribution in [0.1, 0.15) is 17.5 Å². The molecule has 1 heterocycles. The van der Waals surface area contributed by atoms with Crippen molar-refractivity contribution < 1.29 is 23.3 Å². The van der Waals surface area contributed by atoms with Crippen LogP contribution in [0.3, 0.4) is 0 Å². The minimum atomic E-state index is -1.76. The fourth-order valence-electron chi connectivity index (χ4n) is 0.823. The minimum Gasteiger partial charge on any atom is -0.475 e. The molecule has 0 spiro atoms. The lowest BCUT2D eigenvalue weighted by atomic mass is 10.5. The SMILES string of the molecule is CC(C(N)=O)S(=O)c1ccc(C(=O)O)o1. The molecule has 0 radical (unpaired) electrons. The van der Waals surface area contributed by atoms with Gasteiger partial charge in [-0.3, -0.25) is 9.00 Å². The van der Waals surface area contributed by atoms with Crippen molar-refractivity contribution in [2.24, 2.45) is 5.73 Å². The topological polar surface area (TPSA) is 111 Å². The molecule has 15 heavy (non-hydrogen) atoms. The highest BCUT2D eigenvalue weighted by Gasteiger charge is 2.22. The second-order valence-corrected chi connectivity index (χ2v) is 4.47. The number of amides is 1. The Balaban J connectivity index is 2.92. The molecule has 0 aliphatic carbocycles. The lowest BCUT2D eigenvalue weighted by Gasteiger charge is -2.03. The summed E-state index contributed by atoms with van der Waals surface area (Å²) in [6.07, 6.45) is 0. The number of hydrogen-bond acceptors (Lipinski definition) is 4. The Morgan fingerprint density at radius 1 is 1.53 bits per heavy atom. The zero-order valence-electron chi connectivity index (χ0n) is 7.80. The van der Waals surface area contributed by atoms with Crippen LogP contribution in [0.5, 0.6) is 0 Å². The van der Waals surface area contributed by atoms with Crippen molar-refractivity contribution in [2.75, 3.05) is 0 Å². The Morgan fingerprint density at radius 3 is 2.53 bits per heavy atom. The van der Waals surface area contributed by atoms with Crippen LogP contribution in [0, 0.1) is 0 Å². The molecule has 1 amide bonds. The van der Waals surface area contributed by atoms with E-state index in [1.807, 2.05) is 0 Å². The second kappa shape index (κ2) is 4.26. The van der Waals surface area contributed by atoms with E-state index in [1.54, 1.807) is 0 Å². The summed E-state index contributed by atoms with van der Waals surface area (Å²) in [5.74, 6) is -2.32. The van der Waals surface area contributed by atoms with Gasteiger partial charge in [0.05, 0.1) is 0 Å². The van der Waals surface area contributed by atoms with E-state index < -0.39 is 27.9 Å². The fraction of sp³-hybridized carbons (Fsp3) is 0.250. The molecule has 0 saturated carbocycles. The molecular formula is C8H9NO5S. The van der Waals surface area contributed by atoms with Gasteiger partial charge in [-0.05, 0) is 19.1 Å². The summed E-state index contributed by atoms with van der Waals surface area (Å²) < 4.78 is 16.3. The molecule has 0 saturated heterocycles. The highest BCUT2D eigenvalue weighted by atomic mass is 32.2. The molecule has 0 bridgehead atoms. The third kappa shape index (κ3) is 2.44. The van der Waals surface area contributed by atoms with Crippen LogP contribution in [0.25, 0.3) is 0 Å². The summed E-state index contributed by atoms with van der Waals surface area (Å²) in [4.78, 5) is 21.2. The molecule has 1 aromatic heterocycles. The van der Waals surface area contributed by atoms with E-state index in [1.165, 1.54) is 19.1 Å². The number of carbonyl (C=O) groups excluding carboxylic acids is 1. The molecule has 2 unspecified atom stereocenters. The van der Waals surface area contributed by atoms with Gasteiger partial charge in [0.1, 0.15) is 16.0 Å². The number of rotatable bonds is 4. The fourth-order valence-corrected chi connectivity index (χ4v) is 1.76. The van der Waals surface area contributed by atoms with Crippen molar-refractivity contribution in [3.05, 3.63) is 17.9 Å². The first-order valence-corrected chi connectivity index (χ1v) is 5.17. The molecule has 0 aliphatic rings. The molecule has 0 aromatic carbocycles. The molecule has 6 nitrogen and oxygen atoms in total. The van der Waals surface area contributed by atoms with Gasteiger partial charge in [0.25, 0.3) is 0 Å². The van der Waals surface area contributed by atoms with Crippen LogP contribution in [0.4, 0.5) is 0 Å². The lowest BCUT2D eigenvalue weighted by molar-refractivity contribution is -0.117. The Morgan fingerprint density at radius 2 is 2.13 bits per heavy atom. The number of carboxylic acids is 1. The largest absolute Gasteiger partial charge is 0.475 e. The van der Waals surface area contributed by atoms with Crippen LogP contribution in [-0.2, 0) is 15.6 Å². The molecule has 0 aliphatic heterocycles. The van der Waals surface area contributed by atoms with E-state index in [2.05, 4.69) is 0 Å². The summed E-state index contributed by atoms with van der Waals surface area (Å²) in [6.45, 7) is 1.38. The van der Waals surface area contributed by atoms with Gasteiger partial charge in [-0.1, -0.05) is 0 Å². The molecular weight excluding hydrogens is 222 g/mol. The molecule has 3 N–H and O–H groups in total. The Hall–Kier alpha value is -1.63. The zero-order valence-corrected chi connectivity index (χ0v) is 8.61. The van der Waals surface area contributed by atoms with Crippen LogP contribution in [-0.4, -0.2) is 26.4 Å². The highest BCUT2D eigenvalue weighted by molar-refractivity contribution is 7.86. The molecule has 1 rings (SSSR count). The number of hydrogen-bond donors (Lipinski definition) is 2. The first-order valence-electron chi connectivity index (χ1n) is 3.96. The van der Waals surface area contributed by atoms with Gasteiger partial charge >= 0.3 is 5.97 Å². The van der Waals surface area contributed by atoms with E-state index >= 15 is 0 Å². The van der Waals surface area contributed by atoms with Crippen molar-refractivity contribution in [1.29, 1.82) is 0 Å². The van der Waals surface area contributed by atoms with Crippen molar-refractivity contribution in [2.45, 2.75) is 17.3 Å².